The molecule has 0 bridgehead atoms. The summed E-state index contributed by atoms with van der Waals surface area (Å²) in [5, 5.41) is 0. The fourth-order valence-electron chi connectivity index (χ4n) is 2.23. The molecule has 0 aliphatic carbocycles. The number of rotatable bonds is 3. The van der Waals surface area contributed by atoms with Crippen molar-refractivity contribution in [1.29, 1.82) is 0 Å². The SMILES string of the molecule is CC1(C(N)Cc2ccc(F)cc2F)CCCS1. The topological polar surface area (TPSA) is 26.0 Å². The molecule has 2 rings (SSSR count). The van der Waals surface area contributed by atoms with Crippen LogP contribution in [0.15, 0.2) is 18.2 Å². The smallest absolute Gasteiger partial charge is 0.129 e. The van der Waals surface area contributed by atoms with Gasteiger partial charge >= 0.3 is 0 Å². The van der Waals surface area contributed by atoms with Crippen molar-refractivity contribution >= 4 is 11.8 Å². The van der Waals surface area contributed by atoms with Gasteiger partial charge in [0.05, 0.1) is 0 Å². The van der Waals surface area contributed by atoms with Gasteiger partial charge in [-0.25, -0.2) is 8.78 Å². The molecule has 1 fully saturated rings. The van der Waals surface area contributed by atoms with Gasteiger partial charge in [-0.1, -0.05) is 6.07 Å². The number of benzene rings is 1. The Bertz CT molecular complexity index is 402. The minimum absolute atomic E-state index is 0.0286. The van der Waals surface area contributed by atoms with Crippen molar-refractivity contribution in [3.8, 4) is 0 Å². The van der Waals surface area contributed by atoms with Crippen LogP contribution in [0, 0.1) is 11.6 Å². The summed E-state index contributed by atoms with van der Waals surface area (Å²) in [6, 6.07) is 3.62. The second-order valence-corrected chi connectivity index (χ2v) is 6.44. The molecule has 0 saturated carbocycles. The zero-order valence-electron chi connectivity index (χ0n) is 9.88. The zero-order chi connectivity index (χ0) is 12.5. The van der Waals surface area contributed by atoms with Gasteiger partial charge in [-0.3, -0.25) is 0 Å². The summed E-state index contributed by atoms with van der Waals surface area (Å²) < 4.78 is 26.3. The van der Waals surface area contributed by atoms with Gasteiger partial charge in [0.1, 0.15) is 11.6 Å². The van der Waals surface area contributed by atoms with E-state index < -0.39 is 11.6 Å². The predicted molar refractivity (Wildman–Crippen MR) is 68.1 cm³/mol. The van der Waals surface area contributed by atoms with Gasteiger partial charge in [-0.2, -0.15) is 11.8 Å². The van der Waals surface area contributed by atoms with Gasteiger partial charge < -0.3 is 5.73 Å². The molecule has 2 unspecified atom stereocenters. The molecule has 17 heavy (non-hydrogen) atoms. The average Bonchev–Trinajstić information content (AvgIpc) is 2.71. The molecule has 2 atom stereocenters. The van der Waals surface area contributed by atoms with Crippen LogP contribution >= 0.6 is 11.8 Å². The van der Waals surface area contributed by atoms with Gasteiger partial charge in [0.2, 0.25) is 0 Å². The lowest BCUT2D eigenvalue weighted by Crippen LogP contribution is -2.42. The normalized spacial score (nSPS) is 26.1. The first-order valence-electron chi connectivity index (χ1n) is 5.85. The van der Waals surface area contributed by atoms with Crippen molar-refractivity contribution in [3.05, 3.63) is 35.4 Å². The molecule has 0 amide bonds. The van der Waals surface area contributed by atoms with Crippen LogP contribution in [0.2, 0.25) is 0 Å². The van der Waals surface area contributed by atoms with Crippen LogP contribution in [0.5, 0.6) is 0 Å². The lowest BCUT2D eigenvalue weighted by atomic mass is 9.91. The maximum absolute atomic E-state index is 13.5. The Kier molecular flexibility index (Phi) is 3.73. The third kappa shape index (κ3) is 2.80. The highest BCUT2D eigenvalue weighted by molar-refractivity contribution is 8.00. The van der Waals surface area contributed by atoms with Gasteiger partial charge in [0.25, 0.3) is 0 Å². The third-order valence-electron chi connectivity index (χ3n) is 3.49. The molecule has 0 radical (unpaired) electrons. The highest BCUT2D eigenvalue weighted by Crippen LogP contribution is 2.40. The van der Waals surface area contributed by atoms with Crippen molar-refractivity contribution in [2.75, 3.05) is 5.75 Å². The molecular weight excluding hydrogens is 240 g/mol. The van der Waals surface area contributed by atoms with E-state index in [1.54, 1.807) is 0 Å². The van der Waals surface area contributed by atoms with E-state index in [0.717, 1.165) is 18.2 Å². The molecule has 1 heterocycles. The molecule has 4 heteroatoms. The summed E-state index contributed by atoms with van der Waals surface area (Å²) in [5.41, 5.74) is 6.68. The number of halogens is 2. The van der Waals surface area contributed by atoms with E-state index in [-0.39, 0.29) is 10.8 Å². The summed E-state index contributed by atoms with van der Waals surface area (Å²) >= 11 is 1.86. The molecule has 1 aliphatic heterocycles. The summed E-state index contributed by atoms with van der Waals surface area (Å²) in [5.74, 6) is 0.0872. The molecular formula is C13H17F2NS. The second-order valence-electron chi connectivity index (χ2n) is 4.81. The van der Waals surface area contributed by atoms with Crippen LogP contribution < -0.4 is 5.73 Å². The summed E-state index contributed by atoms with van der Waals surface area (Å²) in [7, 11) is 0. The Morgan fingerprint density at radius 1 is 1.47 bits per heavy atom. The molecule has 1 nitrogen and oxygen atoms in total. The lowest BCUT2D eigenvalue weighted by molar-refractivity contribution is 0.472. The average molecular weight is 257 g/mol. The van der Waals surface area contributed by atoms with E-state index in [0.29, 0.717) is 12.0 Å². The second kappa shape index (κ2) is 4.94. The first-order valence-corrected chi connectivity index (χ1v) is 6.83. The van der Waals surface area contributed by atoms with Crippen LogP contribution in [0.4, 0.5) is 8.78 Å². The van der Waals surface area contributed by atoms with E-state index in [2.05, 4.69) is 6.92 Å². The number of thioether (sulfide) groups is 1. The van der Waals surface area contributed by atoms with Gasteiger partial charge in [-0.15, -0.1) is 0 Å². The minimum atomic E-state index is -0.540. The fourth-order valence-corrected chi connectivity index (χ4v) is 3.57. The highest BCUT2D eigenvalue weighted by atomic mass is 32.2. The van der Waals surface area contributed by atoms with Crippen LogP contribution in [-0.2, 0) is 6.42 Å². The zero-order valence-corrected chi connectivity index (χ0v) is 10.7. The third-order valence-corrected chi connectivity index (χ3v) is 5.15. The van der Waals surface area contributed by atoms with E-state index in [1.165, 1.54) is 18.6 Å². The quantitative estimate of drug-likeness (QED) is 0.900. The van der Waals surface area contributed by atoms with Crippen molar-refractivity contribution < 1.29 is 8.78 Å². The lowest BCUT2D eigenvalue weighted by Gasteiger charge is -2.30. The Morgan fingerprint density at radius 2 is 2.24 bits per heavy atom. The molecule has 1 aromatic rings. The summed E-state index contributed by atoms with van der Waals surface area (Å²) in [4.78, 5) is 0. The molecule has 0 spiro atoms. The molecule has 0 aromatic heterocycles. The Labute approximate surface area is 105 Å². The summed E-state index contributed by atoms with van der Waals surface area (Å²) in [6.07, 6.45) is 2.71. The van der Waals surface area contributed by atoms with E-state index in [9.17, 15) is 8.78 Å². The van der Waals surface area contributed by atoms with Crippen molar-refractivity contribution in [2.45, 2.75) is 37.0 Å². The van der Waals surface area contributed by atoms with Crippen LogP contribution in [0.1, 0.15) is 25.3 Å². The monoisotopic (exact) mass is 257 g/mol. The van der Waals surface area contributed by atoms with E-state index >= 15 is 0 Å². The van der Waals surface area contributed by atoms with Gasteiger partial charge in [0, 0.05) is 16.9 Å². The van der Waals surface area contributed by atoms with E-state index in [4.69, 9.17) is 5.73 Å². The fraction of sp³-hybridized carbons (Fsp3) is 0.538. The largest absolute Gasteiger partial charge is 0.326 e. The Morgan fingerprint density at radius 3 is 2.82 bits per heavy atom. The number of hydrogen-bond donors (Lipinski definition) is 1. The van der Waals surface area contributed by atoms with Crippen molar-refractivity contribution in [1.82, 2.24) is 0 Å². The predicted octanol–water partition coefficient (Wildman–Crippen LogP) is 3.12. The maximum atomic E-state index is 13.5. The first-order chi connectivity index (χ1) is 8.01. The van der Waals surface area contributed by atoms with Crippen molar-refractivity contribution in [2.24, 2.45) is 5.73 Å². The molecule has 2 N–H and O–H groups in total. The van der Waals surface area contributed by atoms with Crippen LogP contribution in [0.3, 0.4) is 0 Å². The minimum Gasteiger partial charge on any atom is -0.326 e. The van der Waals surface area contributed by atoms with Gasteiger partial charge in [-0.05, 0) is 43.6 Å². The molecule has 94 valence electrons. The summed E-state index contributed by atoms with van der Waals surface area (Å²) in [6.45, 7) is 2.14. The molecule has 1 aromatic carbocycles. The number of hydrogen-bond acceptors (Lipinski definition) is 2. The molecule has 1 saturated heterocycles. The number of nitrogens with two attached hydrogens (primary N) is 1. The Balaban J connectivity index is 2.10. The Hall–Kier alpha value is -0.610. The standard InChI is InChI=1S/C13H17F2NS/c1-13(5-2-6-17-13)12(16)7-9-3-4-10(14)8-11(9)15/h3-4,8,12H,2,5-7,16H2,1H3. The van der Waals surface area contributed by atoms with Crippen molar-refractivity contribution in [3.63, 3.8) is 0 Å². The van der Waals surface area contributed by atoms with Crippen LogP contribution in [-0.4, -0.2) is 16.5 Å². The first kappa shape index (κ1) is 12.8. The van der Waals surface area contributed by atoms with Crippen LogP contribution in [0.25, 0.3) is 0 Å². The highest BCUT2D eigenvalue weighted by Gasteiger charge is 2.35. The van der Waals surface area contributed by atoms with E-state index in [1.807, 2.05) is 11.8 Å². The maximum Gasteiger partial charge on any atom is 0.129 e. The van der Waals surface area contributed by atoms with Gasteiger partial charge in [0.15, 0.2) is 0 Å². The molecule has 1 aliphatic rings.